The SMILES string of the molecule is CC(c1ccccc1)N(CC(=O)N1CCN(c2ccc(-c3ccc(Cl)cc3Cl)nn2)CC1)C(=O)C1CC1. The number of aromatic nitrogens is 2. The van der Waals surface area contributed by atoms with Crippen LogP contribution < -0.4 is 4.90 Å². The molecule has 1 aliphatic carbocycles. The van der Waals surface area contributed by atoms with Gasteiger partial charge in [0.15, 0.2) is 5.82 Å². The molecule has 1 saturated heterocycles. The summed E-state index contributed by atoms with van der Waals surface area (Å²) in [5.74, 6) is 0.874. The smallest absolute Gasteiger partial charge is 0.242 e. The van der Waals surface area contributed by atoms with Gasteiger partial charge in [-0.15, -0.1) is 10.2 Å². The Balaban J connectivity index is 1.20. The predicted octanol–water partition coefficient (Wildman–Crippen LogP) is 5.10. The lowest BCUT2D eigenvalue weighted by atomic mass is 10.1. The fourth-order valence-corrected chi connectivity index (χ4v) is 5.15. The van der Waals surface area contributed by atoms with Gasteiger partial charge in [0, 0.05) is 42.7 Å². The molecule has 3 aromatic rings. The molecule has 1 unspecified atom stereocenters. The van der Waals surface area contributed by atoms with Crippen LogP contribution in [0.4, 0.5) is 5.82 Å². The summed E-state index contributed by atoms with van der Waals surface area (Å²) in [5, 5.41) is 9.84. The molecule has 1 aromatic heterocycles. The number of rotatable bonds is 7. The number of piperazine rings is 1. The van der Waals surface area contributed by atoms with E-state index in [2.05, 4.69) is 15.1 Å². The van der Waals surface area contributed by atoms with Crippen LogP contribution in [0, 0.1) is 5.92 Å². The van der Waals surface area contributed by atoms with Crippen LogP contribution in [-0.2, 0) is 9.59 Å². The first-order valence-electron chi connectivity index (χ1n) is 12.6. The Morgan fingerprint density at radius 3 is 2.32 bits per heavy atom. The average molecular weight is 538 g/mol. The topological polar surface area (TPSA) is 69.6 Å². The summed E-state index contributed by atoms with van der Waals surface area (Å²) >= 11 is 12.3. The van der Waals surface area contributed by atoms with Crippen LogP contribution in [0.25, 0.3) is 11.3 Å². The van der Waals surface area contributed by atoms with E-state index in [1.165, 1.54) is 0 Å². The monoisotopic (exact) mass is 537 g/mol. The maximum Gasteiger partial charge on any atom is 0.242 e. The van der Waals surface area contributed by atoms with Gasteiger partial charge in [-0.05, 0) is 55.7 Å². The van der Waals surface area contributed by atoms with Gasteiger partial charge < -0.3 is 14.7 Å². The molecular weight excluding hydrogens is 509 g/mol. The number of benzene rings is 2. The van der Waals surface area contributed by atoms with Crippen molar-refractivity contribution in [2.24, 2.45) is 5.92 Å². The van der Waals surface area contributed by atoms with Crippen LogP contribution in [0.15, 0.2) is 60.7 Å². The van der Waals surface area contributed by atoms with Crippen molar-refractivity contribution in [3.8, 4) is 11.3 Å². The number of hydrogen-bond donors (Lipinski definition) is 0. The molecular formula is C28H29Cl2N5O2. The first-order chi connectivity index (χ1) is 17.9. The fraction of sp³-hybridized carbons (Fsp3) is 0.357. The fourth-order valence-electron chi connectivity index (χ4n) is 4.65. The molecule has 37 heavy (non-hydrogen) atoms. The molecule has 7 nitrogen and oxygen atoms in total. The molecule has 2 heterocycles. The third-order valence-corrected chi connectivity index (χ3v) is 7.63. The van der Waals surface area contributed by atoms with Crippen molar-refractivity contribution in [1.82, 2.24) is 20.0 Å². The third-order valence-electron chi connectivity index (χ3n) is 7.08. The Morgan fingerprint density at radius 2 is 1.70 bits per heavy atom. The largest absolute Gasteiger partial charge is 0.352 e. The molecule has 2 amide bonds. The second kappa shape index (κ2) is 11.1. The van der Waals surface area contributed by atoms with E-state index < -0.39 is 0 Å². The van der Waals surface area contributed by atoms with Crippen molar-refractivity contribution in [1.29, 1.82) is 0 Å². The number of amides is 2. The summed E-state index contributed by atoms with van der Waals surface area (Å²) in [6.45, 7) is 4.52. The van der Waals surface area contributed by atoms with Crippen LogP contribution in [-0.4, -0.2) is 64.5 Å². The Bertz CT molecular complexity index is 1260. The lowest BCUT2D eigenvalue weighted by molar-refractivity contribution is -0.143. The van der Waals surface area contributed by atoms with Crippen molar-refractivity contribution in [3.63, 3.8) is 0 Å². The molecule has 192 valence electrons. The maximum atomic E-state index is 13.3. The van der Waals surface area contributed by atoms with Crippen molar-refractivity contribution in [2.45, 2.75) is 25.8 Å². The molecule has 2 fully saturated rings. The predicted molar refractivity (Wildman–Crippen MR) is 146 cm³/mol. The van der Waals surface area contributed by atoms with Gasteiger partial charge >= 0.3 is 0 Å². The Hall–Kier alpha value is -3.16. The second-order valence-corrected chi connectivity index (χ2v) is 10.4. The lowest BCUT2D eigenvalue weighted by Gasteiger charge is -2.37. The molecule has 0 N–H and O–H groups in total. The van der Waals surface area contributed by atoms with Gasteiger partial charge in [0.1, 0.15) is 6.54 Å². The number of carbonyl (C=O) groups is 2. The minimum atomic E-state index is -0.150. The summed E-state index contributed by atoms with van der Waals surface area (Å²) < 4.78 is 0. The zero-order chi connectivity index (χ0) is 25.9. The molecule has 1 saturated carbocycles. The van der Waals surface area contributed by atoms with Crippen molar-refractivity contribution in [3.05, 3.63) is 76.3 Å². The summed E-state index contributed by atoms with van der Waals surface area (Å²) in [4.78, 5) is 32.0. The second-order valence-electron chi connectivity index (χ2n) is 9.60. The van der Waals surface area contributed by atoms with E-state index in [4.69, 9.17) is 23.2 Å². The highest BCUT2D eigenvalue weighted by molar-refractivity contribution is 6.36. The number of carbonyl (C=O) groups excluding carboxylic acids is 2. The van der Waals surface area contributed by atoms with E-state index >= 15 is 0 Å². The van der Waals surface area contributed by atoms with E-state index in [1.807, 2.05) is 60.4 Å². The van der Waals surface area contributed by atoms with Crippen LogP contribution in [0.5, 0.6) is 0 Å². The van der Waals surface area contributed by atoms with E-state index in [0.717, 1.165) is 29.8 Å². The minimum Gasteiger partial charge on any atom is -0.352 e. The Kier molecular flexibility index (Phi) is 7.63. The van der Waals surface area contributed by atoms with E-state index in [9.17, 15) is 9.59 Å². The molecule has 2 aromatic carbocycles. The van der Waals surface area contributed by atoms with Gasteiger partial charge in [-0.3, -0.25) is 9.59 Å². The lowest BCUT2D eigenvalue weighted by Crippen LogP contribution is -2.52. The summed E-state index contributed by atoms with van der Waals surface area (Å²) in [6.07, 6.45) is 1.82. The summed E-state index contributed by atoms with van der Waals surface area (Å²) in [5.41, 5.74) is 2.48. The first-order valence-corrected chi connectivity index (χ1v) is 13.3. The third kappa shape index (κ3) is 5.89. The molecule has 2 aliphatic rings. The Labute approximate surface area is 227 Å². The Morgan fingerprint density at radius 1 is 0.973 bits per heavy atom. The van der Waals surface area contributed by atoms with Gasteiger partial charge in [-0.25, -0.2) is 0 Å². The van der Waals surface area contributed by atoms with Crippen molar-refractivity contribution < 1.29 is 9.59 Å². The number of halogens is 2. The molecule has 0 bridgehead atoms. The first kappa shape index (κ1) is 25.5. The van der Waals surface area contributed by atoms with Gasteiger partial charge in [0.05, 0.1) is 16.8 Å². The normalized spacial score (nSPS) is 16.4. The van der Waals surface area contributed by atoms with E-state index in [1.54, 1.807) is 17.0 Å². The molecule has 9 heteroatoms. The molecule has 5 rings (SSSR count). The van der Waals surface area contributed by atoms with Gasteiger partial charge in [-0.1, -0.05) is 53.5 Å². The van der Waals surface area contributed by atoms with Crippen LogP contribution >= 0.6 is 23.2 Å². The highest BCUT2D eigenvalue weighted by Crippen LogP contribution is 2.34. The molecule has 0 spiro atoms. The summed E-state index contributed by atoms with van der Waals surface area (Å²) in [7, 11) is 0. The zero-order valence-electron chi connectivity index (χ0n) is 20.7. The van der Waals surface area contributed by atoms with Gasteiger partial charge in [0.2, 0.25) is 11.8 Å². The number of nitrogens with zero attached hydrogens (tertiary/aromatic N) is 5. The molecule has 1 atom stereocenters. The molecule has 0 radical (unpaired) electrons. The number of hydrogen-bond acceptors (Lipinski definition) is 5. The highest BCUT2D eigenvalue weighted by atomic mass is 35.5. The zero-order valence-corrected chi connectivity index (χ0v) is 22.2. The van der Waals surface area contributed by atoms with Crippen LogP contribution in [0.3, 0.4) is 0 Å². The minimum absolute atomic E-state index is 0.0183. The van der Waals surface area contributed by atoms with Crippen LogP contribution in [0.1, 0.15) is 31.4 Å². The maximum absolute atomic E-state index is 13.3. The molecule has 1 aliphatic heterocycles. The van der Waals surface area contributed by atoms with Gasteiger partial charge in [-0.2, -0.15) is 0 Å². The highest BCUT2D eigenvalue weighted by Gasteiger charge is 2.37. The number of anilines is 1. The quantitative estimate of drug-likeness (QED) is 0.419. The van der Waals surface area contributed by atoms with Crippen molar-refractivity contribution in [2.75, 3.05) is 37.6 Å². The summed E-state index contributed by atoms with van der Waals surface area (Å²) in [6, 6.07) is 18.8. The standard InChI is InChI=1S/C28H29Cl2N5O2/c1-19(20-5-3-2-4-6-20)35(28(37)21-7-8-21)18-27(36)34-15-13-33(14-16-34)26-12-11-25(31-32-26)23-10-9-22(29)17-24(23)30/h2-6,9-12,17,19,21H,7-8,13-16,18H2,1H3. The van der Waals surface area contributed by atoms with Crippen LogP contribution in [0.2, 0.25) is 10.0 Å². The van der Waals surface area contributed by atoms with Crippen molar-refractivity contribution >= 4 is 40.8 Å². The average Bonchev–Trinajstić information content (AvgIpc) is 3.77. The van der Waals surface area contributed by atoms with Gasteiger partial charge in [0.25, 0.3) is 0 Å². The van der Waals surface area contributed by atoms with E-state index in [0.29, 0.717) is 41.9 Å². The van der Waals surface area contributed by atoms with E-state index in [-0.39, 0.29) is 30.3 Å².